The first-order valence-electron chi connectivity index (χ1n) is 4.36. The summed E-state index contributed by atoms with van der Waals surface area (Å²) < 4.78 is 0. The maximum atomic E-state index is 11.0. The van der Waals surface area contributed by atoms with Gasteiger partial charge in [-0.1, -0.05) is 0 Å². The van der Waals surface area contributed by atoms with Crippen molar-refractivity contribution in [3.63, 3.8) is 0 Å². The maximum absolute atomic E-state index is 11.0. The Bertz CT molecular complexity index is 365. The Hall–Kier alpha value is -1.69. The molecule has 0 radical (unpaired) electrons. The second-order valence-electron chi connectivity index (χ2n) is 3.52. The van der Waals surface area contributed by atoms with Crippen LogP contribution in [0.5, 0.6) is 0 Å². The zero-order chi connectivity index (χ0) is 13.8. The highest BCUT2D eigenvalue weighted by molar-refractivity contribution is 7.21. The van der Waals surface area contributed by atoms with E-state index in [2.05, 4.69) is 0 Å². The fourth-order valence-electron chi connectivity index (χ4n) is 1.31. The van der Waals surface area contributed by atoms with Gasteiger partial charge < -0.3 is 20.4 Å². The molecule has 0 bridgehead atoms. The molecular formula is C8H12O8P+. The lowest BCUT2D eigenvalue weighted by atomic mass is 9.85. The molecular weight excluding hydrogens is 255 g/mol. The summed E-state index contributed by atoms with van der Waals surface area (Å²) in [6.45, 7) is 0. The third kappa shape index (κ3) is 3.99. The molecule has 0 aliphatic rings. The van der Waals surface area contributed by atoms with Crippen LogP contribution in [0.2, 0.25) is 0 Å². The van der Waals surface area contributed by atoms with Gasteiger partial charge in [0.25, 0.3) is 0 Å². The van der Waals surface area contributed by atoms with Gasteiger partial charge in [-0.25, -0.2) is 4.79 Å². The molecule has 8 nitrogen and oxygen atoms in total. The summed E-state index contributed by atoms with van der Waals surface area (Å²) in [6, 6.07) is 0. The molecule has 0 saturated heterocycles. The van der Waals surface area contributed by atoms with Gasteiger partial charge >= 0.3 is 23.9 Å². The van der Waals surface area contributed by atoms with E-state index in [4.69, 9.17) is 20.4 Å². The fraction of sp³-hybridized carbons (Fsp3) is 0.500. The van der Waals surface area contributed by atoms with Crippen molar-refractivity contribution in [3.05, 3.63) is 0 Å². The molecule has 0 aliphatic heterocycles. The first kappa shape index (κ1) is 15.3. The zero-order valence-electron chi connectivity index (χ0n) is 8.62. The quantitative estimate of drug-likeness (QED) is 0.432. The van der Waals surface area contributed by atoms with E-state index in [1.807, 2.05) is 0 Å². The molecule has 3 unspecified atom stereocenters. The standard InChI is InChI=1S/C8H11O8P/c9-4(10)1-3(6(13)14)8(17,7(15)16)2-5(11)12/h3H,1-2,17H2,(H,9,10)(H,11,12)(H,13,14)(H,15,16)/p+1. The molecule has 0 amide bonds. The molecule has 96 valence electrons. The van der Waals surface area contributed by atoms with Gasteiger partial charge in [0.15, 0.2) is 5.16 Å². The number of carboxylic acid groups (broad SMARTS) is 4. The molecule has 0 aromatic heterocycles. The normalized spacial score (nSPS) is 15.8. The number of carbonyl (C=O) groups is 4. The van der Waals surface area contributed by atoms with E-state index in [0.29, 0.717) is 9.24 Å². The van der Waals surface area contributed by atoms with Crippen molar-refractivity contribution in [3.8, 4) is 0 Å². The Kier molecular flexibility index (Phi) is 5.03. The maximum Gasteiger partial charge on any atom is 0.348 e. The van der Waals surface area contributed by atoms with E-state index >= 15 is 0 Å². The molecule has 0 fully saturated rings. The minimum atomic E-state index is -2.14. The van der Waals surface area contributed by atoms with Crippen LogP contribution in [0.15, 0.2) is 0 Å². The molecule has 4 N–H and O–H groups in total. The van der Waals surface area contributed by atoms with Crippen LogP contribution in [0, 0.1) is 5.92 Å². The lowest BCUT2D eigenvalue weighted by Crippen LogP contribution is -2.46. The SMILES string of the molecule is O=C(O)CC(C(=O)O)C([PH3+])(CC(=O)O)C(=O)O. The fourth-order valence-corrected chi connectivity index (χ4v) is 1.84. The highest BCUT2D eigenvalue weighted by Gasteiger charge is 2.53. The van der Waals surface area contributed by atoms with Gasteiger partial charge in [0.05, 0.1) is 12.8 Å². The number of carboxylic acids is 4. The summed E-state index contributed by atoms with van der Waals surface area (Å²) in [5.74, 6) is -8.09. The molecule has 9 heteroatoms. The van der Waals surface area contributed by atoms with E-state index in [-0.39, 0.29) is 0 Å². The van der Waals surface area contributed by atoms with Crippen molar-refractivity contribution < 1.29 is 39.6 Å². The lowest BCUT2D eigenvalue weighted by Gasteiger charge is -2.23. The topological polar surface area (TPSA) is 149 Å². The molecule has 0 heterocycles. The Labute approximate surface area is 97.4 Å². The number of hydrogen-bond acceptors (Lipinski definition) is 4. The van der Waals surface area contributed by atoms with Gasteiger partial charge in [-0.15, -0.1) is 0 Å². The van der Waals surface area contributed by atoms with Crippen molar-refractivity contribution in [1.82, 2.24) is 0 Å². The van der Waals surface area contributed by atoms with Crippen LogP contribution in [0.4, 0.5) is 0 Å². The van der Waals surface area contributed by atoms with Gasteiger partial charge in [0.1, 0.15) is 5.92 Å². The molecule has 0 aromatic carbocycles. The van der Waals surface area contributed by atoms with E-state index in [1.165, 1.54) is 0 Å². The first-order valence-corrected chi connectivity index (χ1v) is 5.07. The summed E-state index contributed by atoms with van der Waals surface area (Å²) in [7, 11) is 0.669. The zero-order valence-corrected chi connectivity index (χ0v) is 10.0. The van der Waals surface area contributed by atoms with Crippen molar-refractivity contribution in [2.75, 3.05) is 0 Å². The van der Waals surface area contributed by atoms with Gasteiger partial charge in [-0.3, -0.25) is 14.4 Å². The Balaban J connectivity index is 5.36. The van der Waals surface area contributed by atoms with Crippen LogP contribution in [0.3, 0.4) is 0 Å². The average Bonchev–Trinajstić information content (AvgIpc) is 2.11. The Morgan fingerprint density at radius 3 is 1.71 bits per heavy atom. The Morgan fingerprint density at radius 2 is 1.47 bits per heavy atom. The van der Waals surface area contributed by atoms with Crippen LogP contribution in [-0.2, 0) is 19.2 Å². The van der Waals surface area contributed by atoms with Crippen LogP contribution < -0.4 is 0 Å². The molecule has 0 aliphatic carbocycles. The monoisotopic (exact) mass is 267 g/mol. The molecule has 3 atom stereocenters. The largest absolute Gasteiger partial charge is 0.481 e. The summed E-state index contributed by atoms with van der Waals surface area (Å²) in [5.41, 5.74) is 0. The van der Waals surface area contributed by atoms with Gasteiger partial charge in [0.2, 0.25) is 0 Å². The second-order valence-corrected chi connectivity index (χ2v) is 4.78. The highest BCUT2D eigenvalue weighted by Crippen LogP contribution is 2.35. The predicted molar refractivity (Wildman–Crippen MR) is 57.1 cm³/mol. The smallest absolute Gasteiger partial charge is 0.348 e. The lowest BCUT2D eigenvalue weighted by molar-refractivity contribution is -0.157. The van der Waals surface area contributed by atoms with E-state index in [9.17, 15) is 19.2 Å². The minimum absolute atomic E-state index is 0.669. The molecule has 0 rings (SSSR count). The van der Waals surface area contributed by atoms with E-state index in [0.717, 1.165) is 0 Å². The van der Waals surface area contributed by atoms with Crippen molar-refractivity contribution in [1.29, 1.82) is 0 Å². The molecule has 0 saturated carbocycles. The molecule has 0 aromatic rings. The van der Waals surface area contributed by atoms with Crippen LogP contribution in [0.25, 0.3) is 0 Å². The number of aliphatic carboxylic acids is 4. The summed E-state index contributed by atoms with van der Waals surface area (Å²) in [5, 5.41) is 32.6. The van der Waals surface area contributed by atoms with E-state index < -0.39 is 47.8 Å². The number of rotatable bonds is 7. The molecule has 0 spiro atoms. The average molecular weight is 267 g/mol. The van der Waals surface area contributed by atoms with Crippen LogP contribution in [-0.4, -0.2) is 49.5 Å². The third-order valence-electron chi connectivity index (χ3n) is 2.24. The molecule has 17 heavy (non-hydrogen) atoms. The van der Waals surface area contributed by atoms with Gasteiger partial charge in [-0.2, -0.15) is 0 Å². The predicted octanol–water partition coefficient (Wildman–Crippen LogP) is -0.933. The Morgan fingerprint density at radius 1 is 1.00 bits per heavy atom. The first-order chi connectivity index (χ1) is 7.61. The third-order valence-corrected chi connectivity index (χ3v) is 3.28. The van der Waals surface area contributed by atoms with Crippen LogP contribution >= 0.6 is 9.24 Å². The highest BCUT2D eigenvalue weighted by atomic mass is 31.0. The second kappa shape index (κ2) is 5.58. The summed E-state index contributed by atoms with van der Waals surface area (Å²) in [4.78, 5) is 42.8. The summed E-state index contributed by atoms with van der Waals surface area (Å²) >= 11 is 0. The van der Waals surface area contributed by atoms with Crippen molar-refractivity contribution in [2.45, 2.75) is 18.0 Å². The van der Waals surface area contributed by atoms with Crippen molar-refractivity contribution in [2.24, 2.45) is 5.92 Å². The van der Waals surface area contributed by atoms with E-state index in [1.54, 1.807) is 0 Å². The number of hydrogen-bond donors (Lipinski definition) is 4. The minimum Gasteiger partial charge on any atom is -0.481 e. The van der Waals surface area contributed by atoms with Gasteiger partial charge in [-0.05, 0) is 9.24 Å². The van der Waals surface area contributed by atoms with Crippen molar-refractivity contribution >= 4 is 33.1 Å². The van der Waals surface area contributed by atoms with Crippen LogP contribution in [0.1, 0.15) is 12.8 Å². The summed E-state index contributed by atoms with van der Waals surface area (Å²) in [6.07, 6.45) is -1.90. The van der Waals surface area contributed by atoms with Gasteiger partial charge in [0, 0.05) is 0 Å².